The average Bonchev–Trinajstić information content (AvgIpc) is 3.23. The van der Waals surface area contributed by atoms with Crippen LogP contribution < -0.4 is 0 Å². The predicted octanol–water partition coefficient (Wildman–Crippen LogP) is 9.54. The first kappa shape index (κ1) is 20.3. The number of hydrogen-bond donors (Lipinski definition) is 1. The maximum absolute atomic E-state index is 3.79. The Bertz CT molecular complexity index is 1830. The van der Waals surface area contributed by atoms with Crippen molar-refractivity contribution in [3.05, 3.63) is 107 Å². The summed E-state index contributed by atoms with van der Waals surface area (Å²) in [6.07, 6.45) is 0. The molecule has 0 bridgehead atoms. The van der Waals surface area contributed by atoms with E-state index in [0.29, 0.717) is 0 Å². The van der Waals surface area contributed by atoms with Gasteiger partial charge in [0.1, 0.15) is 0 Å². The van der Waals surface area contributed by atoms with E-state index in [0.717, 1.165) is 0 Å². The van der Waals surface area contributed by atoms with Gasteiger partial charge in [-0.1, -0.05) is 72.3 Å². The number of benzene rings is 5. The highest BCUT2D eigenvalue weighted by Gasteiger charge is 2.23. The number of H-pyrrole nitrogens is 1. The predicted molar refractivity (Wildman–Crippen MR) is 150 cm³/mol. The summed E-state index contributed by atoms with van der Waals surface area (Å²) in [4.78, 5) is 3.79. The lowest BCUT2D eigenvalue weighted by Gasteiger charge is -2.23. The van der Waals surface area contributed by atoms with E-state index < -0.39 is 0 Å². The van der Waals surface area contributed by atoms with Crippen LogP contribution in [-0.2, 0) is 0 Å². The van der Waals surface area contributed by atoms with Crippen molar-refractivity contribution in [2.75, 3.05) is 0 Å². The van der Waals surface area contributed by atoms with Gasteiger partial charge in [0, 0.05) is 21.8 Å². The zero-order chi connectivity index (χ0) is 23.8. The van der Waals surface area contributed by atoms with E-state index in [9.17, 15) is 0 Å². The van der Waals surface area contributed by atoms with Gasteiger partial charge >= 0.3 is 0 Å². The fourth-order valence-electron chi connectivity index (χ4n) is 5.98. The smallest absolute Gasteiger partial charge is 0.0497 e. The standard InChI is InChI=1S/C34H27N/c1-19-13-14-27-25-11-6-5-9-23(25)24-10-7-8-12-26(24)29-17-31-32-16-20(2)21(3)22(4)34(32)35-33(31)18-30(29)28(27)15-19/h5-18,35H,1-4H3. The monoisotopic (exact) mass is 449 g/mol. The van der Waals surface area contributed by atoms with Crippen molar-refractivity contribution >= 4 is 21.8 Å². The summed E-state index contributed by atoms with van der Waals surface area (Å²) < 4.78 is 0. The molecule has 1 N–H and O–H groups in total. The van der Waals surface area contributed by atoms with Gasteiger partial charge in [-0.25, -0.2) is 0 Å². The first-order valence-corrected chi connectivity index (χ1v) is 12.4. The molecule has 0 amide bonds. The quantitative estimate of drug-likeness (QED) is 0.237. The van der Waals surface area contributed by atoms with Crippen LogP contribution in [0.3, 0.4) is 0 Å². The number of aryl methyl sites for hydroxylation is 3. The maximum Gasteiger partial charge on any atom is 0.0497 e. The minimum atomic E-state index is 1.20. The van der Waals surface area contributed by atoms with Gasteiger partial charge in [-0.2, -0.15) is 0 Å². The van der Waals surface area contributed by atoms with Crippen LogP contribution in [0.1, 0.15) is 22.3 Å². The average molecular weight is 450 g/mol. The summed E-state index contributed by atoms with van der Waals surface area (Å²) in [5.41, 5.74) is 18.1. The maximum atomic E-state index is 3.79. The first-order chi connectivity index (χ1) is 17.0. The Balaban J connectivity index is 1.69. The minimum absolute atomic E-state index is 1.20. The molecule has 0 atom stereocenters. The molecule has 0 unspecified atom stereocenters. The number of rotatable bonds is 0. The molecule has 168 valence electrons. The van der Waals surface area contributed by atoms with E-state index in [2.05, 4.69) is 118 Å². The highest BCUT2D eigenvalue weighted by atomic mass is 14.7. The van der Waals surface area contributed by atoms with Crippen LogP contribution in [0.15, 0.2) is 84.9 Å². The van der Waals surface area contributed by atoms with Gasteiger partial charge in [-0.3, -0.25) is 0 Å². The molecule has 35 heavy (non-hydrogen) atoms. The van der Waals surface area contributed by atoms with E-state index in [1.54, 1.807) is 0 Å². The molecule has 1 aliphatic carbocycles. The summed E-state index contributed by atoms with van der Waals surface area (Å²) in [5, 5.41) is 2.61. The largest absolute Gasteiger partial charge is 0.354 e. The van der Waals surface area contributed by atoms with Crippen molar-refractivity contribution < 1.29 is 0 Å². The molecule has 5 aromatic carbocycles. The highest BCUT2D eigenvalue weighted by Crippen LogP contribution is 2.49. The Hall–Kier alpha value is -4.10. The molecule has 0 spiro atoms. The lowest BCUT2D eigenvalue weighted by molar-refractivity contribution is 1.28. The van der Waals surface area contributed by atoms with Crippen molar-refractivity contribution in [3.8, 4) is 44.5 Å². The molecule has 0 aliphatic heterocycles. The van der Waals surface area contributed by atoms with Crippen LogP contribution in [-0.4, -0.2) is 4.98 Å². The van der Waals surface area contributed by atoms with E-state index >= 15 is 0 Å². The molecule has 0 fully saturated rings. The van der Waals surface area contributed by atoms with Crippen molar-refractivity contribution in [1.29, 1.82) is 0 Å². The number of nitrogens with one attached hydrogen (secondary N) is 1. The van der Waals surface area contributed by atoms with Gasteiger partial charge in [0.05, 0.1) is 0 Å². The third-order valence-electron chi connectivity index (χ3n) is 8.06. The Morgan fingerprint density at radius 1 is 0.457 bits per heavy atom. The van der Waals surface area contributed by atoms with Crippen molar-refractivity contribution in [2.24, 2.45) is 0 Å². The fourth-order valence-corrected chi connectivity index (χ4v) is 5.98. The van der Waals surface area contributed by atoms with Crippen LogP contribution in [0.2, 0.25) is 0 Å². The molecule has 6 aromatic rings. The van der Waals surface area contributed by atoms with Crippen LogP contribution >= 0.6 is 0 Å². The summed E-state index contributed by atoms with van der Waals surface area (Å²) in [7, 11) is 0. The molecule has 0 saturated heterocycles. The van der Waals surface area contributed by atoms with Gasteiger partial charge in [-0.05, 0) is 107 Å². The molecule has 1 aliphatic rings. The van der Waals surface area contributed by atoms with Crippen molar-refractivity contribution in [1.82, 2.24) is 4.98 Å². The zero-order valence-electron chi connectivity index (χ0n) is 20.6. The molecule has 7 rings (SSSR count). The van der Waals surface area contributed by atoms with E-state index in [1.807, 2.05) is 0 Å². The van der Waals surface area contributed by atoms with Crippen LogP contribution in [0.25, 0.3) is 66.3 Å². The van der Waals surface area contributed by atoms with Crippen LogP contribution in [0.4, 0.5) is 0 Å². The van der Waals surface area contributed by atoms with E-state index in [-0.39, 0.29) is 0 Å². The number of fused-ring (bicyclic) bond motifs is 11. The normalized spacial score (nSPS) is 12.0. The molecule has 0 radical (unpaired) electrons. The second-order valence-corrected chi connectivity index (χ2v) is 10.1. The molecular formula is C34H27N. The lowest BCUT2D eigenvalue weighted by Crippen LogP contribution is -1.97. The van der Waals surface area contributed by atoms with Gasteiger partial charge < -0.3 is 4.98 Å². The molecule has 1 heteroatoms. The van der Waals surface area contributed by atoms with Crippen LogP contribution in [0.5, 0.6) is 0 Å². The molecule has 1 nitrogen and oxygen atoms in total. The van der Waals surface area contributed by atoms with Crippen molar-refractivity contribution in [3.63, 3.8) is 0 Å². The van der Waals surface area contributed by atoms with E-state index in [4.69, 9.17) is 0 Å². The highest BCUT2D eigenvalue weighted by molar-refractivity contribution is 6.14. The lowest BCUT2D eigenvalue weighted by atomic mass is 9.80. The topological polar surface area (TPSA) is 15.8 Å². The van der Waals surface area contributed by atoms with Gasteiger partial charge in [0.25, 0.3) is 0 Å². The van der Waals surface area contributed by atoms with Crippen LogP contribution in [0, 0.1) is 27.7 Å². The molecule has 1 aromatic heterocycles. The van der Waals surface area contributed by atoms with Crippen molar-refractivity contribution in [2.45, 2.75) is 27.7 Å². The molecule has 1 heterocycles. The minimum Gasteiger partial charge on any atom is -0.354 e. The third-order valence-corrected chi connectivity index (χ3v) is 8.06. The summed E-state index contributed by atoms with van der Waals surface area (Å²) in [6.45, 7) is 8.87. The summed E-state index contributed by atoms with van der Waals surface area (Å²) >= 11 is 0. The van der Waals surface area contributed by atoms with Gasteiger partial charge in [0.15, 0.2) is 0 Å². The summed E-state index contributed by atoms with van der Waals surface area (Å²) in [6, 6.07) is 31.8. The first-order valence-electron chi connectivity index (χ1n) is 12.4. The number of hydrogen-bond acceptors (Lipinski definition) is 0. The fraction of sp³-hybridized carbons (Fsp3) is 0.118. The Morgan fingerprint density at radius 2 is 1.00 bits per heavy atom. The van der Waals surface area contributed by atoms with Gasteiger partial charge in [-0.15, -0.1) is 0 Å². The third kappa shape index (κ3) is 2.82. The summed E-state index contributed by atoms with van der Waals surface area (Å²) in [5.74, 6) is 0. The Labute approximate surface area is 206 Å². The zero-order valence-corrected chi connectivity index (χ0v) is 20.6. The molecular weight excluding hydrogens is 422 g/mol. The Morgan fingerprint density at radius 3 is 1.66 bits per heavy atom. The Kier molecular flexibility index (Phi) is 4.17. The second-order valence-electron chi connectivity index (χ2n) is 10.1. The van der Waals surface area contributed by atoms with E-state index in [1.165, 1.54) is 88.6 Å². The second kappa shape index (κ2) is 7.20. The number of aromatic amines is 1. The molecule has 0 saturated carbocycles. The van der Waals surface area contributed by atoms with Gasteiger partial charge in [0.2, 0.25) is 0 Å². The SMILES string of the molecule is Cc1ccc2c(c1)-c1cc3[nH]c4c(C)c(C)c(C)cc4c3cc1-c1ccccc1-c1ccccc1-2. The number of aromatic nitrogens is 1.